The van der Waals surface area contributed by atoms with Crippen LogP contribution in [0.4, 0.5) is 5.69 Å². The van der Waals surface area contributed by atoms with E-state index in [2.05, 4.69) is 10.2 Å². The minimum atomic E-state index is -0.431. The first-order chi connectivity index (χ1) is 10.6. The molecule has 0 radical (unpaired) electrons. The van der Waals surface area contributed by atoms with Gasteiger partial charge < -0.3 is 5.32 Å². The molecule has 0 aliphatic carbocycles. The van der Waals surface area contributed by atoms with E-state index in [0.29, 0.717) is 6.04 Å². The zero-order valence-electron chi connectivity index (χ0n) is 12.5. The number of carbonyl (C=O) groups is 1. The summed E-state index contributed by atoms with van der Waals surface area (Å²) in [6.45, 7) is 2.23. The highest BCUT2D eigenvalue weighted by Crippen LogP contribution is 2.27. The summed E-state index contributed by atoms with van der Waals surface area (Å²) in [6, 6.07) is 6.95. The van der Waals surface area contributed by atoms with Crippen molar-refractivity contribution in [3.05, 3.63) is 39.9 Å². The molecule has 1 amide bonds. The lowest BCUT2D eigenvalue weighted by atomic mass is 9.99. The Balaban J connectivity index is 1.55. The molecular formula is C16H21N3O3. The van der Waals surface area contributed by atoms with E-state index in [9.17, 15) is 14.9 Å². The van der Waals surface area contributed by atoms with Crippen LogP contribution in [0.2, 0.25) is 0 Å². The molecule has 1 aromatic carbocycles. The molecule has 3 rings (SSSR count). The van der Waals surface area contributed by atoms with Crippen LogP contribution in [0.3, 0.4) is 0 Å². The van der Waals surface area contributed by atoms with Gasteiger partial charge in [-0.15, -0.1) is 0 Å². The molecule has 2 aliphatic heterocycles. The highest BCUT2D eigenvalue weighted by atomic mass is 16.6. The lowest BCUT2D eigenvalue weighted by Crippen LogP contribution is -2.47. The first-order valence-corrected chi connectivity index (χ1v) is 7.90. The Morgan fingerprint density at radius 3 is 2.73 bits per heavy atom. The summed E-state index contributed by atoms with van der Waals surface area (Å²) in [6.07, 6.45) is 4.98. The summed E-state index contributed by atoms with van der Waals surface area (Å²) < 4.78 is 0. The van der Waals surface area contributed by atoms with Crippen LogP contribution in [-0.2, 0) is 11.2 Å². The van der Waals surface area contributed by atoms with Crippen LogP contribution in [0.5, 0.6) is 0 Å². The number of fused-ring (bicyclic) bond motifs is 1. The van der Waals surface area contributed by atoms with Crippen molar-refractivity contribution in [1.82, 2.24) is 10.2 Å². The molecule has 1 N–H and O–H groups in total. The Labute approximate surface area is 129 Å². The Morgan fingerprint density at radius 1 is 1.23 bits per heavy atom. The van der Waals surface area contributed by atoms with Gasteiger partial charge >= 0.3 is 0 Å². The summed E-state index contributed by atoms with van der Waals surface area (Å²) in [4.78, 5) is 24.9. The van der Waals surface area contributed by atoms with E-state index >= 15 is 0 Å². The fourth-order valence-corrected chi connectivity index (χ4v) is 3.59. The van der Waals surface area contributed by atoms with Crippen molar-refractivity contribution >= 4 is 11.6 Å². The third-order valence-electron chi connectivity index (χ3n) is 4.71. The largest absolute Gasteiger partial charge is 0.351 e. The van der Waals surface area contributed by atoms with Gasteiger partial charge in [-0.25, -0.2) is 0 Å². The number of carbonyl (C=O) groups excluding carboxylic acids is 1. The Kier molecular flexibility index (Phi) is 4.38. The summed E-state index contributed by atoms with van der Waals surface area (Å²) in [5.74, 6) is 0.00581. The number of benzene rings is 1. The van der Waals surface area contributed by atoms with E-state index in [4.69, 9.17) is 0 Å². The van der Waals surface area contributed by atoms with Crippen molar-refractivity contribution in [1.29, 1.82) is 0 Å². The van der Waals surface area contributed by atoms with Gasteiger partial charge in [0.1, 0.15) is 0 Å². The zero-order valence-corrected chi connectivity index (χ0v) is 12.5. The van der Waals surface area contributed by atoms with Crippen LogP contribution in [0, 0.1) is 10.1 Å². The van der Waals surface area contributed by atoms with E-state index in [1.807, 2.05) is 0 Å². The maximum atomic E-state index is 12.2. The molecule has 22 heavy (non-hydrogen) atoms. The second kappa shape index (κ2) is 6.44. The average molecular weight is 303 g/mol. The maximum Gasteiger partial charge on any atom is 0.269 e. The van der Waals surface area contributed by atoms with Gasteiger partial charge in [0.15, 0.2) is 0 Å². The van der Waals surface area contributed by atoms with Crippen molar-refractivity contribution in [3.8, 4) is 0 Å². The van der Waals surface area contributed by atoms with Crippen LogP contribution >= 0.6 is 0 Å². The molecule has 6 heteroatoms. The van der Waals surface area contributed by atoms with Crippen LogP contribution in [0.1, 0.15) is 31.2 Å². The summed E-state index contributed by atoms with van der Waals surface area (Å²) >= 11 is 0. The van der Waals surface area contributed by atoms with Gasteiger partial charge in [-0.2, -0.15) is 0 Å². The molecule has 0 aromatic heterocycles. The van der Waals surface area contributed by atoms with Gasteiger partial charge in [-0.1, -0.05) is 18.6 Å². The molecule has 1 aromatic rings. The van der Waals surface area contributed by atoms with E-state index in [1.165, 1.54) is 31.4 Å². The highest BCUT2D eigenvalue weighted by molar-refractivity contribution is 5.79. The van der Waals surface area contributed by atoms with Crippen LogP contribution < -0.4 is 5.32 Å². The average Bonchev–Trinajstić information content (AvgIpc) is 2.91. The Hall–Kier alpha value is -1.95. The molecule has 0 spiro atoms. The predicted octanol–water partition coefficient (Wildman–Crippen LogP) is 1.88. The molecule has 118 valence electrons. The fourth-order valence-electron chi connectivity index (χ4n) is 3.59. The molecule has 0 bridgehead atoms. The molecule has 2 heterocycles. The number of nitrogens with one attached hydrogen (secondary N) is 1. The molecule has 2 aliphatic rings. The van der Waals surface area contributed by atoms with Crippen molar-refractivity contribution < 1.29 is 9.72 Å². The van der Waals surface area contributed by atoms with E-state index in [-0.39, 0.29) is 24.1 Å². The second-order valence-electron chi connectivity index (χ2n) is 6.16. The normalized spacial score (nSPS) is 24.7. The fraction of sp³-hybridized carbons (Fsp3) is 0.562. The van der Waals surface area contributed by atoms with Gasteiger partial charge in [-0.05, 0) is 31.4 Å². The minimum absolute atomic E-state index is 0.00581. The Bertz CT molecular complexity index is 558. The van der Waals surface area contributed by atoms with Crippen LogP contribution in [-0.4, -0.2) is 40.9 Å². The maximum absolute atomic E-state index is 12.2. The van der Waals surface area contributed by atoms with Crippen molar-refractivity contribution in [2.24, 2.45) is 0 Å². The zero-order chi connectivity index (χ0) is 15.5. The smallest absolute Gasteiger partial charge is 0.269 e. The number of hydrogen-bond acceptors (Lipinski definition) is 4. The van der Waals surface area contributed by atoms with Crippen molar-refractivity contribution in [3.63, 3.8) is 0 Å². The monoisotopic (exact) mass is 303 g/mol. The quantitative estimate of drug-likeness (QED) is 0.680. The number of piperidine rings is 1. The number of non-ortho nitro benzene ring substituents is 1. The molecule has 2 saturated heterocycles. The SMILES string of the molecule is O=C(Cc1ccc([N+](=O)[O-])cc1)N[C@H]1CCN2CCCC[C@H]12. The number of nitro benzene ring substituents is 1. The highest BCUT2D eigenvalue weighted by Gasteiger charge is 2.36. The third kappa shape index (κ3) is 3.27. The van der Waals surface area contributed by atoms with Gasteiger partial charge in [0.25, 0.3) is 5.69 Å². The lowest BCUT2D eigenvalue weighted by Gasteiger charge is -2.32. The van der Waals surface area contributed by atoms with Crippen LogP contribution in [0.15, 0.2) is 24.3 Å². The molecule has 2 atom stereocenters. The first-order valence-electron chi connectivity index (χ1n) is 7.90. The third-order valence-corrected chi connectivity index (χ3v) is 4.71. The Morgan fingerprint density at radius 2 is 2.00 bits per heavy atom. The molecule has 2 fully saturated rings. The topological polar surface area (TPSA) is 75.5 Å². The molecule has 6 nitrogen and oxygen atoms in total. The number of amides is 1. The standard InChI is InChI=1S/C16H21N3O3/c20-16(11-12-4-6-13(7-5-12)19(21)22)17-14-8-10-18-9-2-1-3-15(14)18/h4-7,14-15H,1-3,8-11H2,(H,17,20)/t14-,15+/m0/s1. The number of nitro groups is 1. The first kappa shape index (κ1) is 15.0. The van der Waals surface area contributed by atoms with Gasteiger partial charge in [0, 0.05) is 30.8 Å². The number of nitrogens with zero attached hydrogens (tertiary/aromatic N) is 2. The summed E-state index contributed by atoms with van der Waals surface area (Å²) in [5.41, 5.74) is 0.861. The summed E-state index contributed by atoms with van der Waals surface area (Å²) in [7, 11) is 0. The molecule has 0 saturated carbocycles. The number of rotatable bonds is 4. The molecule has 0 unspecified atom stereocenters. The molecular weight excluding hydrogens is 282 g/mol. The van der Waals surface area contributed by atoms with Crippen molar-refractivity contribution in [2.45, 2.75) is 44.2 Å². The van der Waals surface area contributed by atoms with Gasteiger partial charge in [0.2, 0.25) is 5.91 Å². The number of hydrogen-bond donors (Lipinski definition) is 1. The predicted molar refractivity (Wildman–Crippen MR) is 82.6 cm³/mol. The van der Waals surface area contributed by atoms with Crippen molar-refractivity contribution in [2.75, 3.05) is 13.1 Å². The second-order valence-corrected chi connectivity index (χ2v) is 6.16. The van der Waals surface area contributed by atoms with E-state index < -0.39 is 4.92 Å². The minimum Gasteiger partial charge on any atom is -0.351 e. The van der Waals surface area contributed by atoms with E-state index in [0.717, 1.165) is 25.1 Å². The summed E-state index contributed by atoms with van der Waals surface area (Å²) in [5, 5.41) is 13.8. The van der Waals surface area contributed by atoms with Crippen LogP contribution in [0.25, 0.3) is 0 Å². The van der Waals surface area contributed by atoms with E-state index in [1.54, 1.807) is 12.1 Å². The lowest BCUT2D eigenvalue weighted by molar-refractivity contribution is -0.384. The van der Waals surface area contributed by atoms with Gasteiger partial charge in [-0.3, -0.25) is 19.8 Å². The van der Waals surface area contributed by atoms with Gasteiger partial charge in [0.05, 0.1) is 11.3 Å².